The van der Waals surface area contributed by atoms with Crippen molar-refractivity contribution >= 4 is 27.5 Å². The van der Waals surface area contributed by atoms with Crippen molar-refractivity contribution in [1.29, 1.82) is 0 Å². The van der Waals surface area contributed by atoms with Crippen molar-refractivity contribution in [2.45, 2.75) is 37.5 Å². The number of benzene rings is 2. The van der Waals surface area contributed by atoms with E-state index in [1.807, 2.05) is 24.3 Å². The minimum atomic E-state index is -3.71. The Morgan fingerprint density at radius 3 is 2.52 bits per heavy atom. The third kappa shape index (κ3) is 4.83. The van der Waals surface area contributed by atoms with Crippen LogP contribution >= 0.6 is 0 Å². The van der Waals surface area contributed by atoms with E-state index in [0.29, 0.717) is 43.8 Å². The fourth-order valence-corrected chi connectivity index (χ4v) is 6.09. The third-order valence-electron chi connectivity index (χ3n) is 6.40. The van der Waals surface area contributed by atoms with Crippen LogP contribution < -0.4 is 14.8 Å². The van der Waals surface area contributed by atoms with E-state index < -0.39 is 10.0 Å². The quantitative estimate of drug-likeness (QED) is 0.695. The molecule has 0 saturated carbocycles. The zero-order chi connectivity index (χ0) is 23.6. The number of aryl methyl sites for hydroxylation is 2. The van der Waals surface area contributed by atoms with E-state index >= 15 is 0 Å². The van der Waals surface area contributed by atoms with Gasteiger partial charge >= 0.3 is 0 Å². The number of nitrogens with two attached hydrogens (primary N) is 1. The molecule has 2 aliphatic rings. The minimum Gasteiger partial charge on any atom is -0.483 e. The highest BCUT2D eigenvalue weighted by Gasteiger charge is 2.30. The summed E-state index contributed by atoms with van der Waals surface area (Å²) < 4.78 is 33.9. The van der Waals surface area contributed by atoms with Gasteiger partial charge in [0.2, 0.25) is 5.91 Å². The van der Waals surface area contributed by atoms with E-state index in [2.05, 4.69) is 0 Å². The molecule has 9 heteroatoms. The first kappa shape index (κ1) is 23.1. The SMILES string of the molecule is Cc1cc(S(=O)(=O)N2CCCc3ccccc32)ccc1OCC(=O)N1CCC(C(N)=O)CC1. The lowest BCUT2D eigenvalue weighted by Gasteiger charge is -2.31. The van der Waals surface area contributed by atoms with E-state index in [1.165, 1.54) is 10.4 Å². The number of amides is 2. The van der Waals surface area contributed by atoms with Crippen molar-refractivity contribution in [2.24, 2.45) is 11.7 Å². The first-order valence-corrected chi connectivity index (χ1v) is 12.6. The Hall–Kier alpha value is -3.07. The largest absolute Gasteiger partial charge is 0.483 e. The molecule has 2 N–H and O–H groups in total. The van der Waals surface area contributed by atoms with Crippen molar-refractivity contribution in [1.82, 2.24) is 4.90 Å². The molecule has 176 valence electrons. The van der Waals surface area contributed by atoms with Gasteiger partial charge in [-0.3, -0.25) is 13.9 Å². The second-order valence-electron chi connectivity index (χ2n) is 8.58. The van der Waals surface area contributed by atoms with Gasteiger partial charge < -0.3 is 15.4 Å². The number of piperidine rings is 1. The summed E-state index contributed by atoms with van der Waals surface area (Å²) in [5.41, 5.74) is 7.74. The van der Waals surface area contributed by atoms with Gasteiger partial charge in [-0.15, -0.1) is 0 Å². The number of carbonyl (C=O) groups is 2. The van der Waals surface area contributed by atoms with E-state index in [4.69, 9.17) is 10.5 Å². The fourth-order valence-electron chi connectivity index (χ4n) is 4.46. The first-order chi connectivity index (χ1) is 15.8. The predicted molar refractivity (Wildman–Crippen MR) is 124 cm³/mol. The lowest BCUT2D eigenvalue weighted by atomic mass is 9.96. The molecule has 2 amide bonds. The standard InChI is InChI=1S/C24H29N3O5S/c1-17-15-20(33(30,31)27-12-4-6-18-5-2-3-7-21(18)27)8-9-22(17)32-16-23(28)26-13-10-19(11-14-26)24(25)29/h2-3,5,7-9,15,19H,4,6,10-14,16H2,1H3,(H2,25,29). The second kappa shape index (κ2) is 9.43. The van der Waals surface area contributed by atoms with Crippen LogP contribution in [0, 0.1) is 12.8 Å². The molecule has 8 nitrogen and oxygen atoms in total. The lowest BCUT2D eigenvalue weighted by molar-refractivity contribution is -0.136. The minimum absolute atomic E-state index is 0.145. The molecular formula is C24H29N3O5S. The van der Waals surface area contributed by atoms with Gasteiger partial charge in [0.25, 0.3) is 15.9 Å². The number of sulfonamides is 1. The van der Waals surface area contributed by atoms with Crippen LogP contribution in [0.2, 0.25) is 0 Å². The number of hydrogen-bond donors (Lipinski definition) is 1. The Kier molecular flexibility index (Phi) is 6.60. The number of likely N-dealkylation sites (tertiary alicyclic amines) is 1. The van der Waals surface area contributed by atoms with Crippen LogP contribution in [-0.2, 0) is 26.0 Å². The zero-order valence-corrected chi connectivity index (χ0v) is 19.5. The van der Waals surface area contributed by atoms with Gasteiger partial charge in [-0.1, -0.05) is 18.2 Å². The predicted octanol–water partition coefficient (Wildman–Crippen LogP) is 2.24. The van der Waals surface area contributed by atoms with Crippen LogP contribution in [0.1, 0.15) is 30.4 Å². The monoisotopic (exact) mass is 471 g/mol. The van der Waals surface area contributed by atoms with Crippen LogP contribution in [0.5, 0.6) is 5.75 Å². The molecule has 2 aromatic carbocycles. The number of fused-ring (bicyclic) bond motifs is 1. The highest BCUT2D eigenvalue weighted by molar-refractivity contribution is 7.92. The average molecular weight is 472 g/mol. The number of hydrogen-bond acceptors (Lipinski definition) is 5. The van der Waals surface area contributed by atoms with Crippen LogP contribution in [-0.4, -0.2) is 51.4 Å². The van der Waals surface area contributed by atoms with Gasteiger partial charge in [0.1, 0.15) is 5.75 Å². The Bertz CT molecular complexity index is 1160. The summed E-state index contributed by atoms with van der Waals surface area (Å²) in [6.07, 6.45) is 2.76. The molecule has 1 fully saturated rings. The smallest absolute Gasteiger partial charge is 0.264 e. The Labute approximate surface area is 194 Å². The van der Waals surface area contributed by atoms with Crippen molar-refractivity contribution < 1.29 is 22.7 Å². The Balaban J connectivity index is 1.42. The van der Waals surface area contributed by atoms with Crippen LogP contribution in [0.15, 0.2) is 47.4 Å². The molecule has 2 aliphatic heterocycles. The van der Waals surface area contributed by atoms with Gasteiger partial charge in [-0.2, -0.15) is 0 Å². The molecule has 0 bridgehead atoms. The number of ether oxygens (including phenoxy) is 1. The topological polar surface area (TPSA) is 110 Å². The fraction of sp³-hybridized carbons (Fsp3) is 0.417. The van der Waals surface area contributed by atoms with Crippen LogP contribution in [0.4, 0.5) is 5.69 Å². The van der Waals surface area contributed by atoms with Gasteiger partial charge in [0, 0.05) is 25.6 Å². The molecule has 33 heavy (non-hydrogen) atoms. The molecule has 0 spiro atoms. The van der Waals surface area contributed by atoms with Crippen molar-refractivity contribution in [3.05, 3.63) is 53.6 Å². The maximum absolute atomic E-state index is 13.4. The van der Waals surface area contributed by atoms with Gasteiger partial charge in [0.15, 0.2) is 6.61 Å². The number of nitrogens with zero attached hydrogens (tertiary/aromatic N) is 2. The first-order valence-electron chi connectivity index (χ1n) is 11.2. The number of rotatable bonds is 6. The maximum Gasteiger partial charge on any atom is 0.264 e. The highest BCUT2D eigenvalue weighted by Crippen LogP contribution is 2.33. The van der Waals surface area contributed by atoms with Crippen molar-refractivity contribution in [3.8, 4) is 5.75 Å². The molecule has 2 aromatic rings. The number of carbonyl (C=O) groups excluding carboxylic acids is 2. The van der Waals surface area contributed by atoms with E-state index in [9.17, 15) is 18.0 Å². The van der Waals surface area contributed by atoms with Gasteiger partial charge in [-0.05, 0) is 68.0 Å². The maximum atomic E-state index is 13.4. The normalized spacial score (nSPS) is 16.9. The molecule has 0 unspecified atom stereocenters. The Morgan fingerprint density at radius 2 is 1.82 bits per heavy atom. The summed E-state index contributed by atoms with van der Waals surface area (Å²) in [7, 11) is -3.71. The van der Waals surface area contributed by atoms with Crippen molar-refractivity contribution in [3.63, 3.8) is 0 Å². The van der Waals surface area contributed by atoms with E-state index in [0.717, 1.165) is 24.1 Å². The van der Waals surface area contributed by atoms with Crippen LogP contribution in [0.25, 0.3) is 0 Å². The third-order valence-corrected chi connectivity index (χ3v) is 8.21. The molecule has 0 atom stereocenters. The molecule has 0 aromatic heterocycles. The number of anilines is 1. The number of para-hydroxylation sites is 1. The summed E-state index contributed by atoms with van der Waals surface area (Å²) >= 11 is 0. The molecule has 0 radical (unpaired) electrons. The molecule has 2 heterocycles. The molecule has 1 saturated heterocycles. The summed E-state index contributed by atoms with van der Waals surface area (Å²) in [6, 6.07) is 12.3. The molecule has 0 aliphatic carbocycles. The summed E-state index contributed by atoms with van der Waals surface area (Å²) in [5, 5.41) is 0. The van der Waals surface area contributed by atoms with E-state index in [-0.39, 0.29) is 29.2 Å². The molecular weight excluding hydrogens is 442 g/mol. The average Bonchev–Trinajstić information content (AvgIpc) is 2.82. The second-order valence-corrected chi connectivity index (χ2v) is 10.4. The number of primary amides is 1. The van der Waals surface area contributed by atoms with Gasteiger partial charge in [-0.25, -0.2) is 8.42 Å². The molecule has 4 rings (SSSR count). The van der Waals surface area contributed by atoms with Crippen molar-refractivity contribution in [2.75, 3.05) is 30.5 Å². The van der Waals surface area contributed by atoms with Gasteiger partial charge in [0.05, 0.1) is 10.6 Å². The summed E-state index contributed by atoms with van der Waals surface area (Å²) in [6.45, 7) is 3.01. The van der Waals surface area contributed by atoms with E-state index in [1.54, 1.807) is 24.0 Å². The summed E-state index contributed by atoms with van der Waals surface area (Å²) in [5.74, 6) is -0.206. The highest BCUT2D eigenvalue weighted by atomic mass is 32.2. The Morgan fingerprint density at radius 1 is 1.09 bits per heavy atom. The zero-order valence-electron chi connectivity index (χ0n) is 18.7. The lowest BCUT2D eigenvalue weighted by Crippen LogP contribution is -2.43. The van der Waals surface area contributed by atoms with Crippen LogP contribution in [0.3, 0.4) is 0 Å². The summed E-state index contributed by atoms with van der Waals surface area (Å²) in [4.78, 5) is 25.6.